The molecule has 0 fully saturated rings. The van der Waals surface area contributed by atoms with E-state index in [1.54, 1.807) is 13.8 Å². The highest BCUT2D eigenvalue weighted by atomic mass is 16.6. The van der Waals surface area contributed by atoms with E-state index < -0.39 is 11.9 Å². The van der Waals surface area contributed by atoms with E-state index in [1.807, 2.05) is 13.8 Å². The van der Waals surface area contributed by atoms with E-state index in [0.29, 0.717) is 11.1 Å². The lowest BCUT2D eigenvalue weighted by atomic mass is 10.4. The van der Waals surface area contributed by atoms with Crippen LogP contribution in [0.1, 0.15) is 27.7 Å². The van der Waals surface area contributed by atoms with Gasteiger partial charge in [-0.2, -0.15) is 0 Å². The number of esters is 2. The van der Waals surface area contributed by atoms with Gasteiger partial charge in [-0.25, -0.2) is 9.59 Å². The third-order valence-electron chi connectivity index (χ3n) is 1.65. The first kappa shape index (κ1) is 19.7. The molecule has 0 radical (unpaired) electrons. The van der Waals surface area contributed by atoms with Gasteiger partial charge in [0.1, 0.15) is 13.2 Å². The van der Waals surface area contributed by atoms with Crippen LogP contribution in [0.4, 0.5) is 0 Å². The fraction of sp³-hybridized carbons (Fsp3) is 0.571. The first-order valence-electron chi connectivity index (χ1n) is 6.09. The molecule has 0 bridgehead atoms. The maximum atomic E-state index is 10.8. The highest BCUT2D eigenvalue weighted by Gasteiger charge is 2.05. The Morgan fingerprint density at radius 3 is 1.32 bits per heavy atom. The van der Waals surface area contributed by atoms with E-state index in [2.05, 4.69) is 22.6 Å². The minimum Gasteiger partial charge on any atom is -0.459 e. The van der Waals surface area contributed by atoms with Crippen LogP contribution in [0.5, 0.6) is 0 Å². The van der Waals surface area contributed by atoms with Crippen LogP contribution in [0, 0.1) is 0 Å². The molecule has 5 nitrogen and oxygen atoms in total. The molecule has 0 saturated heterocycles. The smallest absolute Gasteiger partial charge is 0.333 e. The summed E-state index contributed by atoms with van der Waals surface area (Å²) in [5, 5.41) is 0. The van der Waals surface area contributed by atoms with Crippen molar-refractivity contribution < 1.29 is 23.8 Å². The second-order valence-electron chi connectivity index (χ2n) is 3.61. The lowest BCUT2D eigenvalue weighted by molar-refractivity contribution is -0.147. The number of ether oxygens (including phenoxy) is 3. The number of hydrogen-bond donors (Lipinski definition) is 0. The van der Waals surface area contributed by atoms with Crippen molar-refractivity contribution in [3.05, 3.63) is 24.3 Å². The molecule has 0 aromatic heterocycles. The topological polar surface area (TPSA) is 61.8 Å². The third-order valence-corrected chi connectivity index (χ3v) is 1.65. The average molecular weight is 272 g/mol. The molecule has 19 heavy (non-hydrogen) atoms. The fourth-order valence-electron chi connectivity index (χ4n) is 0.719. The van der Waals surface area contributed by atoms with E-state index in [4.69, 9.17) is 4.74 Å². The van der Waals surface area contributed by atoms with Crippen LogP contribution in [0.25, 0.3) is 0 Å². The number of hydrogen-bond acceptors (Lipinski definition) is 5. The highest BCUT2D eigenvalue weighted by Crippen LogP contribution is 1.94. The molecule has 0 rings (SSSR count). The molecule has 0 N–H and O–H groups in total. The maximum Gasteiger partial charge on any atom is 0.333 e. The van der Waals surface area contributed by atoms with Crippen LogP contribution in [0.3, 0.4) is 0 Å². The summed E-state index contributed by atoms with van der Waals surface area (Å²) in [6.45, 7) is 15.6. The molecule has 0 spiro atoms. The maximum absolute atomic E-state index is 10.8. The lowest BCUT2D eigenvalue weighted by Gasteiger charge is -2.05. The molecule has 5 heteroatoms. The van der Waals surface area contributed by atoms with Gasteiger partial charge in [-0.1, -0.05) is 13.2 Å². The minimum atomic E-state index is -0.489. The van der Waals surface area contributed by atoms with E-state index in [1.165, 1.54) is 0 Å². The Morgan fingerprint density at radius 1 is 0.842 bits per heavy atom. The Labute approximate surface area is 115 Å². The summed E-state index contributed by atoms with van der Waals surface area (Å²) in [6.07, 6.45) is 0. The largest absolute Gasteiger partial charge is 0.459 e. The van der Waals surface area contributed by atoms with Gasteiger partial charge in [0, 0.05) is 24.4 Å². The molecule has 0 aliphatic carbocycles. The first-order valence-corrected chi connectivity index (χ1v) is 6.09. The molecular weight excluding hydrogens is 248 g/mol. The van der Waals surface area contributed by atoms with Gasteiger partial charge in [0.25, 0.3) is 0 Å². The van der Waals surface area contributed by atoms with Gasteiger partial charge in [-0.05, 0) is 27.7 Å². The van der Waals surface area contributed by atoms with Gasteiger partial charge in [-0.15, -0.1) is 0 Å². The standard InChI is InChI=1S/C10H14O4.C4H10O/c1-7(2)9(11)13-5-6-14-10(12)8(3)4;1-3-5-4-2/h1,3,5-6H2,2,4H3;3-4H2,1-2H3. The van der Waals surface area contributed by atoms with Gasteiger partial charge in [0.2, 0.25) is 0 Å². The molecule has 0 atom stereocenters. The van der Waals surface area contributed by atoms with Crippen molar-refractivity contribution in [2.24, 2.45) is 0 Å². The molecule has 0 amide bonds. The van der Waals surface area contributed by atoms with Crippen molar-refractivity contribution in [1.29, 1.82) is 0 Å². The lowest BCUT2D eigenvalue weighted by Crippen LogP contribution is -2.14. The van der Waals surface area contributed by atoms with Crippen LogP contribution in [-0.2, 0) is 23.8 Å². The van der Waals surface area contributed by atoms with Crippen molar-refractivity contribution in [2.45, 2.75) is 27.7 Å². The van der Waals surface area contributed by atoms with E-state index in [-0.39, 0.29) is 13.2 Å². The van der Waals surface area contributed by atoms with E-state index in [9.17, 15) is 9.59 Å². The van der Waals surface area contributed by atoms with Crippen LogP contribution in [0.15, 0.2) is 24.3 Å². The Morgan fingerprint density at radius 2 is 1.16 bits per heavy atom. The zero-order valence-corrected chi connectivity index (χ0v) is 12.3. The highest BCUT2D eigenvalue weighted by molar-refractivity contribution is 5.87. The summed E-state index contributed by atoms with van der Waals surface area (Å²) in [7, 11) is 0. The van der Waals surface area contributed by atoms with Gasteiger partial charge >= 0.3 is 11.9 Å². The van der Waals surface area contributed by atoms with Crippen molar-refractivity contribution in [3.63, 3.8) is 0 Å². The van der Waals surface area contributed by atoms with Gasteiger partial charge in [0.05, 0.1) is 0 Å². The summed E-state index contributed by atoms with van der Waals surface area (Å²) in [5.41, 5.74) is 0.632. The summed E-state index contributed by atoms with van der Waals surface area (Å²) in [6, 6.07) is 0. The monoisotopic (exact) mass is 272 g/mol. The van der Waals surface area contributed by atoms with Crippen molar-refractivity contribution >= 4 is 11.9 Å². The average Bonchev–Trinajstić information content (AvgIpc) is 2.35. The Kier molecular flexibility index (Phi) is 13.3. The Balaban J connectivity index is 0. The number of carbonyl (C=O) groups excluding carboxylic acids is 2. The summed E-state index contributed by atoms with van der Waals surface area (Å²) in [4.78, 5) is 21.7. The van der Waals surface area contributed by atoms with Crippen LogP contribution < -0.4 is 0 Å². The first-order chi connectivity index (χ1) is 8.86. The second-order valence-corrected chi connectivity index (χ2v) is 3.61. The summed E-state index contributed by atoms with van der Waals surface area (Å²) in [5.74, 6) is -0.979. The zero-order valence-electron chi connectivity index (χ0n) is 12.3. The van der Waals surface area contributed by atoms with Crippen LogP contribution in [-0.4, -0.2) is 38.4 Å². The molecule has 0 aliphatic rings. The zero-order chi connectivity index (χ0) is 15.3. The van der Waals surface area contributed by atoms with Crippen molar-refractivity contribution in [2.75, 3.05) is 26.4 Å². The molecule has 0 aromatic rings. The van der Waals surface area contributed by atoms with Crippen LogP contribution in [0.2, 0.25) is 0 Å². The predicted octanol–water partition coefficient (Wildman–Crippen LogP) is 2.27. The number of rotatable bonds is 7. The molecule has 0 heterocycles. The molecular formula is C14H24O5. The number of carbonyl (C=O) groups is 2. The minimum absolute atomic E-state index is 0.0325. The van der Waals surface area contributed by atoms with E-state index in [0.717, 1.165) is 13.2 Å². The molecule has 0 unspecified atom stereocenters. The molecule has 0 aliphatic heterocycles. The summed E-state index contributed by atoms with van der Waals surface area (Å²) >= 11 is 0. The SMILES string of the molecule is C=C(C)C(=O)OCCOC(=O)C(=C)C.CCOCC. The van der Waals surface area contributed by atoms with Crippen molar-refractivity contribution in [1.82, 2.24) is 0 Å². The Bertz CT molecular complexity index is 277. The predicted molar refractivity (Wildman–Crippen MR) is 73.7 cm³/mol. The second kappa shape index (κ2) is 12.8. The van der Waals surface area contributed by atoms with E-state index >= 15 is 0 Å². The molecule has 0 aromatic carbocycles. The quantitative estimate of drug-likeness (QED) is 0.404. The summed E-state index contributed by atoms with van der Waals surface area (Å²) < 4.78 is 14.2. The molecule has 0 saturated carbocycles. The van der Waals surface area contributed by atoms with Gasteiger partial charge in [0.15, 0.2) is 0 Å². The fourth-order valence-corrected chi connectivity index (χ4v) is 0.719. The third kappa shape index (κ3) is 14.3. The van der Waals surface area contributed by atoms with Gasteiger partial charge < -0.3 is 14.2 Å². The molecule has 110 valence electrons. The van der Waals surface area contributed by atoms with Crippen LogP contribution >= 0.6 is 0 Å². The van der Waals surface area contributed by atoms with Crippen molar-refractivity contribution in [3.8, 4) is 0 Å². The van der Waals surface area contributed by atoms with Gasteiger partial charge in [-0.3, -0.25) is 0 Å². The normalized spacial score (nSPS) is 8.84. The Hall–Kier alpha value is -1.62.